The molecule has 10 nitrogen and oxygen atoms in total. The van der Waals surface area contributed by atoms with Crippen molar-refractivity contribution in [2.75, 3.05) is 48.8 Å². The van der Waals surface area contributed by atoms with E-state index in [0.29, 0.717) is 17.1 Å². The molecule has 2 aromatic carbocycles. The number of nitrogens with zero attached hydrogens (tertiary/aromatic N) is 6. The van der Waals surface area contributed by atoms with E-state index in [1.807, 2.05) is 37.5 Å². The predicted molar refractivity (Wildman–Crippen MR) is 157 cm³/mol. The van der Waals surface area contributed by atoms with Gasteiger partial charge in [-0.2, -0.15) is 5.10 Å². The molecule has 208 valence electrons. The van der Waals surface area contributed by atoms with Gasteiger partial charge in [0.05, 0.1) is 23.1 Å². The van der Waals surface area contributed by atoms with Crippen LogP contribution in [0.4, 0.5) is 26.4 Å². The first-order valence-corrected chi connectivity index (χ1v) is 13.2. The number of benzene rings is 2. The van der Waals surface area contributed by atoms with Gasteiger partial charge in [0.2, 0.25) is 0 Å². The lowest BCUT2D eigenvalue weighted by molar-refractivity contribution is 0.262. The summed E-state index contributed by atoms with van der Waals surface area (Å²) in [7, 11) is 3.95. The maximum atomic E-state index is 14.9. The second-order valence-electron chi connectivity index (χ2n) is 9.97. The summed E-state index contributed by atoms with van der Waals surface area (Å²) >= 11 is 0. The molecular formula is C30H29FN8O2. The summed E-state index contributed by atoms with van der Waals surface area (Å²) in [5.74, 6) is 1.11. The van der Waals surface area contributed by atoms with Gasteiger partial charge in [0, 0.05) is 74.4 Å². The molecule has 1 aliphatic heterocycles. The number of amides is 2. The molecule has 41 heavy (non-hydrogen) atoms. The summed E-state index contributed by atoms with van der Waals surface area (Å²) in [5.41, 5.74) is 2.97. The highest BCUT2D eigenvalue weighted by atomic mass is 19.1. The summed E-state index contributed by atoms with van der Waals surface area (Å²) in [5, 5.41) is 10.4. The number of likely N-dealkylation sites (N-methyl/N-ethyl adjacent to an activating group) is 1. The average Bonchev–Trinajstić information content (AvgIpc) is 3.41. The van der Waals surface area contributed by atoms with Crippen LogP contribution >= 0.6 is 0 Å². The van der Waals surface area contributed by atoms with Crippen molar-refractivity contribution in [1.29, 1.82) is 0 Å². The van der Waals surface area contributed by atoms with Gasteiger partial charge in [-0.05, 0) is 55.6 Å². The van der Waals surface area contributed by atoms with Gasteiger partial charge in [0.15, 0.2) is 0 Å². The molecule has 0 atom stereocenters. The molecule has 5 aromatic rings. The van der Waals surface area contributed by atoms with E-state index in [-0.39, 0.29) is 11.4 Å². The maximum absolute atomic E-state index is 14.9. The van der Waals surface area contributed by atoms with Gasteiger partial charge in [-0.1, -0.05) is 0 Å². The lowest BCUT2D eigenvalue weighted by atomic mass is 10.2. The molecule has 11 heteroatoms. The highest BCUT2D eigenvalue weighted by Gasteiger charge is 2.16. The SMILES string of the molecule is CN1CCN(c2ccc3cc(NC(=O)Nc4ccc(Oc5ccnc(-c6cnn(C)c6)c5)cc4F)ccc3n2)CC1. The number of carbonyl (C=O) groups is 1. The molecule has 0 unspecified atom stereocenters. The molecular weight excluding hydrogens is 523 g/mol. The molecule has 6 rings (SSSR count). The number of piperazine rings is 1. The van der Waals surface area contributed by atoms with Crippen molar-refractivity contribution in [3.8, 4) is 22.8 Å². The third kappa shape index (κ3) is 6.10. The summed E-state index contributed by atoms with van der Waals surface area (Å²) < 4.78 is 22.4. The lowest BCUT2D eigenvalue weighted by Crippen LogP contribution is -2.44. The normalized spacial score (nSPS) is 13.8. The predicted octanol–water partition coefficient (Wildman–Crippen LogP) is 5.36. The van der Waals surface area contributed by atoms with E-state index < -0.39 is 11.8 Å². The van der Waals surface area contributed by atoms with Crippen LogP contribution in [0.3, 0.4) is 0 Å². The van der Waals surface area contributed by atoms with E-state index in [1.54, 1.807) is 41.3 Å². The van der Waals surface area contributed by atoms with Crippen LogP contribution in [-0.2, 0) is 7.05 Å². The molecule has 0 bridgehead atoms. The van der Waals surface area contributed by atoms with Crippen LogP contribution in [0.25, 0.3) is 22.2 Å². The number of halogens is 1. The Morgan fingerprint density at radius 2 is 1.76 bits per heavy atom. The highest BCUT2D eigenvalue weighted by Crippen LogP contribution is 2.28. The number of pyridine rings is 2. The fourth-order valence-electron chi connectivity index (χ4n) is 4.67. The van der Waals surface area contributed by atoms with Gasteiger partial charge in [0.1, 0.15) is 23.1 Å². The first-order chi connectivity index (χ1) is 19.9. The van der Waals surface area contributed by atoms with Crippen molar-refractivity contribution in [1.82, 2.24) is 24.6 Å². The zero-order valence-corrected chi connectivity index (χ0v) is 22.7. The number of ether oxygens (including phenoxy) is 1. The number of rotatable bonds is 6. The molecule has 0 aliphatic carbocycles. The topological polar surface area (TPSA) is 100 Å². The largest absolute Gasteiger partial charge is 0.457 e. The van der Waals surface area contributed by atoms with E-state index in [9.17, 15) is 9.18 Å². The van der Waals surface area contributed by atoms with Crippen LogP contribution < -0.4 is 20.3 Å². The van der Waals surface area contributed by atoms with Crippen molar-refractivity contribution in [2.45, 2.75) is 0 Å². The standard InChI is InChI=1S/C30H29FN8O2/c1-37-11-13-39(14-12-37)29-8-3-20-15-22(4-6-26(20)35-29)34-30(40)36-27-7-5-23(16-25(27)31)41-24-9-10-32-28(17-24)21-18-33-38(2)19-21/h3-10,15-19H,11-14H2,1-2H3,(H2,34,36,40). The van der Waals surface area contributed by atoms with Crippen molar-refractivity contribution in [3.05, 3.63) is 85.1 Å². The number of fused-ring (bicyclic) bond motifs is 1. The van der Waals surface area contributed by atoms with Gasteiger partial charge in [-0.25, -0.2) is 14.2 Å². The molecule has 2 N–H and O–H groups in total. The second kappa shape index (κ2) is 11.2. The lowest BCUT2D eigenvalue weighted by Gasteiger charge is -2.33. The average molecular weight is 553 g/mol. The molecule has 1 saturated heterocycles. The zero-order valence-electron chi connectivity index (χ0n) is 22.7. The van der Waals surface area contributed by atoms with E-state index in [2.05, 4.69) is 37.6 Å². The molecule has 3 aromatic heterocycles. The van der Waals surface area contributed by atoms with Crippen molar-refractivity contribution in [2.24, 2.45) is 7.05 Å². The minimum Gasteiger partial charge on any atom is -0.457 e. The van der Waals surface area contributed by atoms with Gasteiger partial charge in [-0.3, -0.25) is 9.67 Å². The Kier molecular flexibility index (Phi) is 7.17. The monoisotopic (exact) mass is 552 g/mol. The Morgan fingerprint density at radius 3 is 2.54 bits per heavy atom. The fraction of sp³-hybridized carbons (Fsp3) is 0.200. The van der Waals surface area contributed by atoms with Crippen LogP contribution in [0, 0.1) is 5.82 Å². The van der Waals surface area contributed by atoms with Crippen molar-refractivity contribution in [3.63, 3.8) is 0 Å². The van der Waals surface area contributed by atoms with E-state index in [0.717, 1.165) is 48.5 Å². The number of urea groups is 1. The third-order valence-corrected chi connectivity index (χ3v) is 6.92. The molecule has 1 fully saturated rings. The molecule has 2 amide bonds. The minimum absolute atomic E-state index is 0.0277. The number of anilines is 3. The second-order valence-corrected chi connectivity index (χ2v) is 9.97. The number of nitrogens with one attached hydrogen (secondary N) is 2. The van der Waals surface area contributed by atoms with E-state index >= 15 is 0 Å². The number of aromatic nitrogens is 4. The molecule has 0 spiro atoms. The van der Waals surface area contributed by atoms with Crippen LogP contribution in [0.5, 0.6) is 11.5 Å². The Morgan fingerprint density at radius 1 is 0.927 bits per heavy atom. The Hall–Kier alpha value is -5.03. The van der Waals surface area contributed by atoms with Crippen molar-refractivity contribution < 1.29 is 13.9 Å². The van der Waals surface area contributed by atoms with E-state index in [4.69, 9.17) is 9.72 Å². The number of hydrogen-bond donors (Lipinski definition) is 2. The minimum atomic E-state index is -0.627. The highest BCUT2D eigenvalue weighted by molar-refractivity contribution is 6.01. The first-order valence-electron chi connectivity index (χ1n) is 13.2. The smallest absolute Gasteiger partial charge is 0.323 e. The first kappa shape index (κ1) is 26.2. The third-order valence-electron chi connectivity index (χ3n) is 6.92. The number of aryl methyl sites for hydroxylation is 1. The van der Waals surface area contributed by atoms with Crippen LogP contribution in [0.2, 0.25) is 0 Å². The Labute approximate surface area is 236 Å². The van der Waals surface area contributed by atoms with Gasteiger partial charge < -0.3 is 25.2 Å². The molecule has 4 heterocycles. The molecule has 1 aliphatic rings. The summed E-state index contributed by atoms with van der Waals surface area (Å²) in [6.07, 6.45) is 5.17. The van der Waals surface area contributed by atoms with Crippen molar-refractivity contribution >= 4 is 34.1 Å². The molecule has 0 radical (unpaired) electrons. The summed E-state index contributed by atoms with van der Waals surface area (Å²) in [4.78, 5) is 26.4. The van der Waals surface area contributed by atoms with Crippen LogP contribution in [0.15, 0.2) is 79.3 Å². The van der Waals surface area contributed by atoms with Gasteiger partial charge in [0.25, 0.3) is 0 Å². The van der Waals surface area contributed by atoms with Crippen LogP contribution in [0.1, 0.15) is 0 Å². The number of hydrogen-bond acceptors (Lipinski definition) is 7. The number of carbonyl (C=O) groups excluding carboxylic acids is 1. The fourth-order valence-corrected chi connectivity index (χ4v) is 4.67. The molecule has 0 saturated carbocycles. The maximum Gasteiger partial charge on any atom is 0.323 e. The zero-order chi connectivity index (χ0) is 28.3. The van der Waals surface area contributed by atoms with E-state index in [1.165, 1.54) is 12.1 Å². The Balaban J connectivity index is 1.08. The Bertz CT molecular complexity index is 1710. The summed E-state index contributed by atoms with van der Waals surface area (Å²) in [6.45, 7) is 3.89. The van der Waals surface area contributed by atoms with Crippen LogP contribution in [-0.4, -0.2) is 63.9 Å². The summed E-state index contributed by atoms with van der Waals surface area (Å²) in [6, 6.07) is 16.6. The van der Waals surface area contributed by atoms with Gasteiger partial charge >= 0.3 is 6.03 Å². The quantitative estimate of drug-likeness (QED) is 0.293. The van der Waals surface area contributed by atoms with Gasteiger partial charge in [-0.15, -0.1) is 0 Å².